The maximum atomic E-state index is 11.7. The minimum Gasteiger partial charge on any atom is -0.378 e. The molecule has 0 spiro atoms. The third kappa shape index (κ3) is 5.67. The van der Waals surface area contributed by atoms with Crippen LogP contribution in [0.4, 0.5) is 0 Å². The van der Waals surface area contributed by atoms with Crippen LogP contribution in [0.25, 0.3) is 0 Å². The van der Waals surface area contributed by atoms with Gasteiger partial charge in [-0.2, -0.15) is 0 Å². The monoisotopic (exact) mass is 277 g/mol. The molecule has 0 aromatic carbocycles. The van der Waals surface area contributed by atoms with E-state index < -0.39 is 0 Å². The van der Waals surface area contributed by atoms with E-state index in [0.29, 0.717) is 19.1 Å². The van der Waals surface area contributed by atoms with E-state index >= 15 is 0 Å². The van der Waals surface area contributed by atoms with Crippen LogP contribution >= 0.6 is 0 Å². The van der Waals surface area contributed by atoms with Gasteiger partial charge in [-0.05, 0) is 50.0 Å². The van der Waals surface area contributed by atoms with Gasteiger partial charge in [-0.15, -0.1) is 0 Å². The highest BCUT2D eigenvalue weighted by atomic mass is 16.5. The van der Waals surface area contributed by atoms with Gasteiger partial charge in [0, 0.05) is 25.5 Å². The number of rotatable bonds is 7. The van der Waals surface area contributed by atoms with Gasteiger partial charge in [0.25, 0.3) is 0 Å². The predicted molar refractivity (Wildman–Crippen MR) is 77.4 cm³/mol. The van der Waals surface area contributed by atoms with Gasteiger partial charge >= 0.3 is 0 Å². The van der Waals surface area contributed by atoms with Gasteiger partial charge in [-0.25, -0.2) is 0 Å². The summed E-state index contributed by atoms with van der Waals surface area (Å²) in [5, 5.41) is 6.23. The topological polar surface area (TPSA) is 63.2 Å². The molecule has 1 aliphatic rings. The van der Waals surface area contributed by atoms with Crippen molar-refractivity contribution in [2.75, 3.05) is 26.2 Å². The summed E-state index contributed by atoms with van der Waals surface area (Å²) < 4.78 is 5.78. The van der Waals surface area contributed by atoms with E-state index in [9.17, 15) is 4.79 Å². The van der Waals surface area contributed by atoms with Crippen LogP contribution in [0.2, 0.25) is 0 Å². The van der Waals surface area contributed by atoms with Crippen LogP contribution in [0, 0.1) is 0 Å². The largest absolute Gasteiger partial charge is 0.378 e. The average molecular weight is 277 g/mol. The van der Waals surface area contributed by atoms with Crippen molar-refractivity contribution in [3.63, 3.8) is 0 Å². The minimum atomic E-state index is 0.0538. The van der Waals surface area contributed by atoms with Crippen molar-refractivity contribution in [1.82, 2.24) is 15.6 Å². The lowest BCUT2D eigenvalue weighted by atomic mass is 10.1. The number of nitrogens with one attached hydrogen (secondary N) is 2. The Hall–Kier alpha value is -1.46. The molecule has 0 atom stereocenters. The smallest absolute Gasteiger partial charge is 0.224 e. The van der Waals surface area contributed by atoms with Gasteiger partial charge in [0.2, 0.25) is 5.91 Å². The lowest BCUT2D eigenvalue weighted by Gasteiger charge is -2.22. The molecule has 1 aliphatic heterocycles. The summed E-state index contributed by atoms with van der Waals surface area (Å²) in [4.78, 5) is 15.6. The van der Waals surface area contributed by atoms with Crippen LogP contribution < -0.4 is 10.6 Å². The molecule has 0 saturated carbocycles. The van der Waals surface area contributed by atoms with Crippen LogP contribution in [-0.2, 0) is 16.0 Å². The van der Waals surface area contributed by atoms with Crippen LogP contribution in [0.3, 0.4) is 0 Å². The summed E-state index contributed by atoms with van der Waals surface area (Å²) in [5.74, 6) is 0.0538. The summed E-state index contributed by atoms with van der Waals surface area (Å²) >= 11 is 0. The van der Waals surface area contributed by atoms with Crippen molar-refractivity contribution in [1.29, 1.82) is 0 Å². The molecule has 0 unspecified atom stereocenters. The van der Waals surface area contributed by atoms with Gasteiger partial charge in [0.1, 0.15) is 0 Å². The van der Waals surface area contributed by atoms with Gasteiger partial charge in [0.05, 0.1) is 12.5 Å². The van der Waals surface area contributed by atoms with Crippen molar-refractivity contribution < 1.29 is 9.53 Å². The van der Waals surface area contributed by atoms with Crippen LogP contribution in [0.15, 0.2) is 24.5 Å². The highest BCUT2D eigenvalue weighted by molar-refractivity contribution is 5.78. The number of pyridine rings is 1. The molecule has 110 valence electrons. The molecule has 1 fully saturated rings. The zero-order chi connectivity index (χ0) is 14.0. The second-order valence-corrected chi connectivity index (χ2v) is 5.06. The summed E-state index contributed by atoms with van der Waals surface area (Å²) in [6.07, 6.45) is 7.26. The van der Waals surface area contributed by atoms with Crippen LogP contribution in [-0.4, -0.2) is 43.2 Å². The Labute approximate surface area is 120 Å². The van der Waals surface area contributed by atoms with E-state index in [1.54, 1.807) is 12.4 Å². The molecule has 2 heterocycles. The number of piperidine rings is 1. The Balaban J connectivity index is 1.51. The number of nitrogens with zero attached hydrogens (tertiary/aromatic N) is 1. The highest BCUT2D eigenvalue weighted by Crippen LogP contribution is 2.07. The zero-order valence-electron chi connectivity index (χ0n) is 11.8. The van der Waals surface area contributed by atoms with Crippen molar-refractivity contribution >= 4 is 5.91 Å². The third-order valence-electron chi connectivity index (χ3n) is 3.40. The fraction of sp³-hybridized carbons (Fsp3) is 0.600. The number of ether oxygens (including phenoxy) is 1. The highest BCUT2D eigenvalue weighted by Gasteiger charge is 2.12. The van der Waals surface area contributed by atoms with Crippen molar-refractivity contribution in [3.8, 4) is 0 Å². The molecule has 0 aliphatic carbocycles. The predicted octanol–water partition coefficient (Wildman–Crippen LogP) is 0.899. The first-order chi connectivity index (χ1) is 9.84. The quantitative estimate of drug-likeness (QED) is 0.727. The van der Waals surface area contributed by atoms with Gasteiger partial charge in [-0.3, -0.25) is 9.78 Å². The van der Waals surface area contributed by atoms with Crippen molar-refractivity contribution in [3.05, 3.63) is 30.1 Å². The van der Waals surface area contributed by atoms with E-state index in [4.69, 9.17) is 4.74 Å². The lowest BCUT2D eigenvalue weighted by Crippen LogP contribution is -2.33. The second kappa shape index (κ2) is 8.66. The van der Waals surface area contributed by atoms with E-state index in [0.717, 1.165) is 44.5 Å². The SMILES string of the molecule is O=C(Cc1ccncc1)NCCCOC1CCNCC1. The number of carbonyl (C=O) groups excluding carboxylic acids is 1. The second-order valence-electron chi connectivity index (χ2n) is 5.06. The molecule has 1 saturated heterocycles. The minimum absolute atomic E-state index is 0.0538. The number of carbonyl (C=O) groups is 1. The fourth-order valence-corrected chi connectivity index (χ4v) is 2.26. The standard InChI is InChI=1S/C15H23N3O2/c19-15(12-13-2-7-16-8-3-13)18-6-1-11-20-14-4-9-17-10-5-14/h2-3,7-8,14,17H,1,4-6,9-12H2,(H,18,19). The van der Waals surface area contributed by atoms with Crippen molar-refractivity contribution in [2.45, 2.75) is 31.8 Å². The summed E-state index contributed by atoms with van der Waals surface area (Å²) in [7, 11) is 0. The Morgan fingerprint density at radius 1 is 1.35 bits per heavy atom. The molecule has 0 bridgehead atoms. The molecule has 20 heavy (non-hydrogen) atoms. The number of aromatic nitrogens is 1. The molecule has 1 aromatic rings. The Morgan fingerprint density at radius 3 is 2.85 bits per heavy atom. The zero-order valence-corrected chi connectivity index (χ0v) is 11.8. The Bertz CT molecular complexity index is 391. The first-order valence-corrected chi connectivity index (χ1v) is 7.32. The molecule has 1 amide bonds. The number of hydrogen-bond acceptors (Lipinski definition) is 4. The molecular weight excluding hydrogens is 254 g/mol. The molecule has 1 aromatic heterocycles. The Morgan fingerprint density at radius 2 is 2.10 bits per heavy atom. The summed E-state index contributed by atoms with van der Waals surface area (Å²) in [5.41, 5.74) is 0.989. The van der Waals surface area contributed by atoms with Gasteiger partial charge in [0.15, 0.2) is 0 Å². The van der Waals surface area contributed by atoms with E-state index in [2.05, 4.69) is 15.6 Å². The Kier molecular flexibility index (Phi) is 6.47. The van der Waals surface area contributed by atoms with Crippen LogP contribution in [0.1, 0.15) is 24.8 Å². The summed E-state index contributed by atoms with van der Waals surface area (Å²) in [6.45, 7) is 3.50. The number of hydrogen-bond donors (Lipinski definition) is 2. The average Bonchev–Trinajstić information content (AvgIpc) is 2.49. The molecular formula is C15H23N3O2. The molecule has 0 radical (unpaired) electrons. The van der Waals surface area contributed by atoms with E-state index in [1.165, 1.54) is 0 Å². The van der Waals surface area contributed by atoms with Crippen molar-refractivity contribution in [2.24, 2.45) is 0 Å². The molecule has 5 nitrogen and oxygen atoms in total. The molecule has 5 heteroatoms. The third-order valence-corrected chi connectivity index (χ3v) is 3.40. The van der Waals surface area contributed by atoms with Gasteiger partial charge in [-0.1, -0.05) is 0 Å². The number of amides is 1. The van der Waals surface area contributed by atoms with E-state index in [-0.39, 0.29) is 5.91 Å². The fourth-order valence-electron chi connectivity index (χ4n) is 2.26. The molecule has 2 rings (SSSR count). The normalized spacial score (nSPS) is 16.0. The van der Waals surface area contributed by atoms with Crippen LogP contribution in [0.5, 0.6) is 0 Å². The maximum absolute atomic E-state index is 11.7. The maximum Gasteiger partial charge on any atom is 0.224 e. The van der Waals surface area contributed by atoms with Gasteiger partial charge < -0.3 is 15.4 Å². The first kappa shape index (κ1) is 14.9. The summed E-state index contributed by atoms with van der Waals surface area (Å²) in [6, 6.07) is 3.72. The first-order valence-electron chi connectivity index (χ1n) is 7.32. The van der Waals surface area contributed by atoms with E-state index in [1.807, 2.05) is 12.1 Å². The lowest BCUT2D eigenvalue weighted by molar-refractivity contribution is -0.120. The molecule has 2 N–H and O–H groups in total.